The number of nitrogens with one attached hydrogen (secondary N) is 1. The van der Waals surface area contributed by atoms with Gasteiger partial charge in [-0.2, -0.15) is 0 Å². The second-order valence-electron chi connectivity index (χ2n) is 9.67. The van der Waals surface area contributed by atoms with Crippen molar-refractivity contribution in [2.24, 2.45) is 0 Å². The molecule has 3 rings (SSSR count). The van der Waals surface area contributed by atoms with Crippen molar-refractivity contribution in [3.05, 3.63) is 90.0 Å². The van der Waals surface area contributed by atoms with Crippen molar-refractivity contribution in [3.63, 3.8) is 0 Å². The molecule has 3 aromatic carbocycles. The summed E-state index contributed by atoms with van der Waals surface area (Å²) in [5.74, 6) is -0.129. The number of nitrogens with zero attached hydrogens (tertiary/aromatic N) is 2. The van der Waals surface area contributed by atoms with Crippen LogP contribution in [-0.4, -0.2) is 50.9 Å². The lowest BCUT2D eigenvalue weighted by Gasteiger charge is -2.33. The standard InChI is InChI=1S/C31H39N3O5S/c1-6-23(3)32-31(36)24(4)33(21-25-17-19-27(39-5)20-18-25)30(35)22-34(29-16-12-11-13-26(29)7-2)40(37,38)28-14-9-8-10-15-28/h8-20,23-24H,6-7,21-22H2,1-5H3,(H,32,36)/t23-,24+/m0/s1. The van der Waals surface area contributed by atoms with E-state index in [4.69, 9.17) is 4.74 Å². The van der Waals surface area contributed by atoms with Crippen LogP contribution in [0.15, 0.2) is 83.8 Å². The number of amides is 2. The van der Waals surface area contributed by atoms with Gasteiger partial charge < -0.3 is 15.0 Å². The molecule has 0 heterocycles. The molecule has 3 aromatic rings. The highest BCUT2D eigenvalue weighted by Crippen LogP contribution is 2.28. The Hall–Kier alpha value is -3.85. The van der Waals surface area contributed by atoms with E-state index in [9.17, 15) is 18.0 Å². The molecule has 0 saturated heterocycles. The molecular formula is C31H39N3O5S. The number of carbonyl (C=O) groups is 2. The summed E-state index contributed by atoms with van der Waals surface area (Å²) >= 11 is 0. The lowest BCUT2D eigenvalue weighted by atomic mass is 10.1. The van der Waals surface area contributed by atoms with Crippen molar-refractivity contribution in [2.45, 2.75) is 64.1 Å². The molecule has 0 bridgehead atoms. The summed E-state index contributed by atoms with van der Waals surface area (Å²) in [7, 11) is -2.53. The Morgan fingerprint density at radius 2 is 1.52 bits per heavy atom. The number of benzene rings is 3. The molecule has 0 fully saturated rings. The van der Waals surface area contributed by atoms with Gasteiger partial charge in [0, 0.05) is 12.6 Å². The number of ether oxygens (including phenoxy) is 1. The summed E-state index contributed by atoms with van der Waals surface area (Å²) in [6, 6.07) is 21.5. The molecule has 2 atom stereocenters. The minimum absolute atomic E-state index is 0.0701. The molecule has 2 amide bonds. The summed E-state index contributed by atoms with van der Waals surface area (Å²) in [5, 5.41) is 2.94. The number of anilines is 1. The van der Waals surface area contributed by atoms with E-state index in [0.717, 1.165) is 21.9 Å². The van der Waals surface area contributed by atoms with Gasteiger partial charge in [-0.05, 0) is 68.1 Å². The number of carbonyl (C=O) groups excluding carboxylic acids is 2. The van der Waals surface area contributed by atoms with E-state index in [2.05, 4.69) is 5.32 Å². The molecule has 0 aliphatic heterocycles. The topological polar surface area (TPSA) is 96.0 Å². The summed E-state index contributed by atoms with van der Waals surface area (Å²) in [6.07, 6.45) is 1.32. The van der Waals surface area contributed by atoms with Gasteiger partial charge in [0.2, 0.25) is 11.8 Å². The average Bonchev–Trinajstić information content (AvgIpc) is 2.98. The van der Waals surface area contributed by atoms with E-state index >= 15 is 0 Å². The van der Waals surface area contributed by atoms with Crippen LogP contribution < -0.4 is 14.4 Å². The Morgan fingerprint density at radius 1 is 0.900 bits per heavy atom. The van der Waals surface area contributed by atoms with E-state index in [-0.39, 0.29) is 23.4 Å². The van der Waals surface area contributed by atoms with Crippen LogP contribution in [0.25, 0.3) is 0 Å². The highest BCUT2D eigenvalue weighted by molar-refractivity contribution is 7.92. The fourth-order valence-electron chi connectivity index (χ4n) is 4.26. The molecule has 9 heteroatoms. The van der Waals surface area contributed by atoms with Crippen molar-refractivity contribution in [3.8, 4) is 5.75 Å². The minimum Gasteiger partial charge on any atom is -0.497 e. The maximum absolute atomic E-state index is 14.0. The van der Waals surface area contributed by atoms with Gasteiger partial charge in [0.1, 0.15) is 18.3 Å². The molecule has 0 aliphatic rings. The van der Waals surface area contributed by atoms with Crippen molar-refractivity contribution < 1.29 is 22.7 Å². The maximum Gasteiger partial charge on any atom is 0.264 e. The Balaban J connectivity index is 2.04. The fraction of sp³-hybridized carbons (Fsp3) is 0.355. The molecule has 0 spiro atoms. The highest BCUT2D eigenvalue weighted by atomic mass is 32.2. The molecular weight excluding hydrogens is 526 g/mol. The van der Waals surface area contributed by atoms with Gasteiger partial charge in [-0.25, -0.2) is 8.42 Å². The van der Waals surface area contributed by atoms with Crippen LogP contribution >= 0.6 is 0 Å². The van der Waals surface area contributed by atoms with Crippen LogP contribution in [0.3, 0.4) is 0 Å². The monoisotopic (exact) mass is 565 g/mol. The van der Waals surface area contributed by atoms with E-state index in [1.165, 1.54) is 17.0 Å². The third-order valence-corrected chi connectivity index (χ3v) is 8.71. The Labute approximate surface area is 238 Å². The number of rotatable bonds is 13. The third kappa shape index (κ3) is 7.41. The molecule has 0 aliphatic carbocycles. The second kappa shape index (κ2) is 14.0. The van der Waals surface area contributed by atoms with Gasteiger partial charge in [-0.1, -0.05) is 62.4 Å². The molecule has 8 nitrogen and oxygen atoms in total. The number of hydrogen-bond donors (Lipinski definition) is 1. The number of sulfonamides is 1. The number of aryl methyl sites for hydroxylation is 1. The molecule has 0 saturated carbocycles. The van der Waals surface area contributed by atoms with Crippen molar-refractivity contribution in [1.82, 2.24) is 10.2 Å². The Kier molecular flexibility index (Phi) is 10.7. The van der Waals surface area contributed by atoms with Crippen LogP contribution in [0.4, 0.5) is 5.69 Å². The second-order valence-corrected chi connectivity index (χ2v) is 11.5. The van der Waals surface area contributed by atoms with Crippen LogP contribution in [-0.2, 0) is 32.6 Å². The van der Waals surface area contributed by atoms with Crippen LogP contribution in [0.1, 0.15) is 45.2 Å². The zero-order chi connectivity index (χ0) is 29.3. The SMILES string of the molecule is CCc1ccccc1N(CC(=O)N(Cc1ccc(OC)cc1)[C@H](C)C(=O)N[C@@H](C)CC)S(=O)(=O)c1ccccc1. The molecule has 40 heavy (non-hydrogen) atoms. The highest BCUT2D eigenvalue weighted by Gasteiger charge is 2.33. The first-order valence-electron chi connectivity index (χ1n) is 13.5. The van der Waals surface area contributed by atoms with Crippen LogP contribution in [0, 0.1) is 0 Å². The summed E-state index contributed by atoms with van der Waals surface area (Å²) in [6.45, 7) is 7.11. The van der Waals surface area contributed by atoms with Crippen molar-refractivity contribution in [1.29, 1.82) is 0 Å². The zero-order valence-corrected chi connectivity index (χ0v) is 24.6. The maximum atomic E-state index is 14.0. The Bertz CT molecular complexity index is 1380. The summed E-state index contributed by atoms with van der Waals surface area (Å²) < 4.78 is 34.3. The molecule has 0 radical (unpaired) electrons. The predicted octanol–water partition coefficient (Wildman–Crippen LogP) is 4.78. The Morgan fingerprint density at radius 3 is 2.12 bits per heavy atom. The molecule has 0 aromatic heterocycles. The van der Waals surface area contributed by atoms with Gasteiger partial charge in [0.05, 0.1) is 17.7 Å². The third-order valence-electron chi connectivity index (χ3n) is 6.93. The first-order chi connectivity index (χ1) is 19.1. The fourth-order valence-corrected chi connectivity index (χ4v) is 5.73. The quantitative estimate of drug-likeness (QED) is 0.322. The normalized spacial score (nSPS) is 12.7. The molecule has 0 unspecified atom stereocenters. The number of para-hydroxylation sites is 1. The van der Waals surface area contributed by atoms with E-state index in [0.29, 0.717) is 17.9 Å². The largest absolute Gasteiger partial charge is 0.497 e. The van der Waals surface area contributed by atoms with E-state index < -0.39 is 28.5 Å². The van der Waals surface area contributed by atoms with Gasteiger partial charge >= 0.3 is 0 Å². The van der Waals surface area contributed by atoms with E-state index in [1.807, 2.05) is 45.0 Å². The van der Waals surface area contributed by atoms with Crippen LogP contribution in [0.5, 0.6) is 5.75 Å². The molecule has 214 valence electrons. The van der Waals surface area contributed by atoms with Gasteiger partial charge in [0.15, 0.2) is 0 Å². The minimum atomic E-state index is -4.10. The van der Waals surface area contributed by atoms with Gasteiger partial charge in [-0.15, -0.1) is 0 Å². The first kappa shape index (κ1) is 30.7. The lowest BCUT2D eigenvalue weighted by Crippen LogP contribution is -2.52. The first-order valence-corrected chi connectivity index (χ1v) is 14.9. The van der Waals surface area contributed by atoms with Gasteiger partial charge in [-0.3, -0.25) is 13.9 Å². The lowest BCUT2D eigenvalue weighted by molar-refractivity contribution is -0.139. The average molecular weight is 566 g/mol. The van der Waals surface area contributed by atoms with E-state index in [1.54, 1.807) is 56.5 Å². The van der Waals surface area contributed by atoms with Crippen molar-refractivity contribution in [2.75, 3.05) is 18.0 Å². The zero-order valence-electron chi connectivity index (χ0n) is 23.8. The number of methoxy groups -OCH3 is 1. The van der Waals surface area contributed by atoms with Crippen molar-refractivity contribution >= 4 is 27.5 Å². The summed E-state index contributed by atoms with van der Waals surface area (Å²) in [4.78, 5) is 28.7. The predicted molar refractivity (Wildman–Crippen MR) is 158 cm³/mol. The summed E-state index contributed by atoms with van der Waals surface area (Å²) in [5.41, 5.74) is 2.01. The number of hydrogen-bond acceptors (Lipinski definition) is 5. The van der Waals surface area contributed by atoms with Gasteiger partial charge in [0.25, 0.3) is 10.0 Å². The molecule has 1 N–H and O–H groups in total. The van der Waals surface area contributed by atoms with Crippen LogP contribution in [0.2, 0.25) is 0 Å². The smallest absolute Gasteiger partial charge is 0.264 e.